The lowest BCUT2D eigenvalue weighted by Gasteiger charge is -2.56. The number of thioether (sulfide) groups is 1. The molecule has 42 heavy (non-hydrogen) atoms. The molecule has 7 N–H and O–H groups in total. The number of hydrogen-bond donors (Lipinski definition) is 6. The number of primary amides is 1. The van der Waals surface area contributed by atoms with Gasteiger partial charge < -0.3 is 36.3 Å². The standard InChI is InChI=1S/C24H27N7O10S/c1-2-29-8-9-30(18(34)17(29)33)23(39)26-14(12-6-4-3-5-7-12)16(32)27-24(28-40)20(37)31-15(19(35)36)13(10-41-22(25)38)11-42-21(24)31/h3-7,14,21,28,40H,2,8-11H2,1H3,(H2,25,38)(H,26,39)(H,27,32)(H,35,36)/t14?,21-,24-/m0/s1. The monoisotopic (exact) mass is 605 g/mol. The molecule has 3 aliphatic heterocycles. The normalized spacial score (nSPS) is 22.7. The topological polar surface area (TPSA) is 241 Å². The first-order chi connectivity index (χ1) is 20.0. The van der Waals surface area contributed by atoms with E-state index in [0.29, 0.717) is 4.90 Å². The van der Waals surface area contributed by atoms with E-state index >= 15 is 0 Å². The Kier molecular flexibility index (Phi) is 8.69. The van der Waals surface area contributed by atoms with E-state index in [1.54, 1.807) is 30.6 Å². The summed E-state index contributed by atoms with van der Waals surface area (Å²) in [5.74, 6) is -5.60. The fourth-order valence-electron chi connectivity index (χ4n) is 4.72. The molecule has 0 aromatic heterocycles. The Balaban J connectivity index is 1.58. The van der Waals surface area contributed by atoms with Crippen molar-refractivity contribution in [2.45, 2.75) is 24.0 Å². The highest BCUT2D eigenvalue weighted by Crippen LogP contribution is 2.45. The predicted molar refractivity (Wildman–Crippen MR) is 141 cm³/mol. The van der Waals surface area contributed by atoms with Crippen LogP contribution in [0.15, 0.2) is 41.6 Å². The van der Waals surface area contributed by atoms with E-state index in [9.17, 15) is 43.9 Å². The van der Waals surface area contributed by atoms with Crippen LogP contribution in [0, 0.1) is 0 Å². The number of aliphatic carboxylic acids is 1. The van der Waals surface area contributed by atoms with Crippen LogP contribution in [0.4, 0.5) is 9.59 Å². The van der Waals surface area contributed by atoms with Crippen LogP contribution >= 0.6 is 11.8 Å². The molecule has 0 spiro atoms. The minimum Gasteiger partial charge on any atom is -0.477 e. The molecule has 4 rings (SSSR count). The Morgan fingerprint density at radius 2 is 1.83 bits per heavy atom. The van der Waals surface area contributed by atoms with Crippen molar-refractivity contribution in [3.63, 3.8) is 0 Å². The number of imide groups is 1. The first-order valence-electron chi connectivity index (χ1n) is 12.5. The molecule has 0 radical (unpaired) electrons. The van der Waals surface area contributed by atoms with E-state index in [1.807, 2.05) is 0 Å². The van der Waals surface area contributed by atoms with Gasteiger partial charge in [-0.1, -0.05) is 30.3 Å². The summed E-state index contributed by atoms with van der Waals surface area (Å²) >= 11 is 0.950. The molecule has 0 aliphatic carbocycles. The van der Waals surface area contributed by atoms with Crippen LogP contribution in [0.2, 0.25) is 0 Å². The van der Waals surface area contributed by atoms with Crippen LogP contribution in [0.3, 0.4) is 0 Å². The van der Waals surface area contributed by atoms with Crippen LogP contribution in [-0.2, 0) is 28.7 Å². The van der Waals surface area contributed by atoms with Crippen LogP contribution in [0.25, 0.3) is 0 Å². The van der Waals surface area contributed by atoms with Gasteiger partial charge in [-0.15, -0.1) is 11.8 Å². The quantitative estimate of drug-likeness (QED) is 0.0796. The van der Waals surface area contributed by atoms with Gasteiger partial charge in [-0.05, 0) is 12.5 Å². The van der Waals surface area contributed by atoms with Crippen molar-refractivity contribution in [3.8, 4) is 0 Å². The van der Waals surface area contributed by atoms with Gasteiger partial charge in [-0.3, -0.25) is 29.0 Å². The molecule has 2 saturated heterocycles. The van der Waals surface area contributed by atoms with E-state index in [2.05, 4.69) is 15.4 Å². The minimum atomic E-state index is -2.21. The molecule has 3 atom stereocenters. The van der Waals surface area contributed by atoms with Crippen LogP contribution in [0.5, 0.6) is 0 Å². The van der Waals surface area contributed by atoms with Crippen molar-refractivity contribution in [1.29, 1.82) is 0 Å². The van der Waals surface area contributed by atoms with Gasteiger partial charge in [0.05, 0.1) is 0 Å². The number of fused-ring (bicyclic) bond motifs is 1. The number of piperazine rings is 1. The number of carbonyl (C=O) groups is 7. The number of carboxylic acid groups (broad SMARTS) is 1. The Bertz CT molecular complexity index is 1370. The minimum absolute atomic E-state index is 0.0607. The molecule has 1 aromatic carbocycles. The number of nitrogens with zero attached hydrogens (tertiary/aromatic N) is 3. The SMILES string of the molecule is CCN1CCN(C(=O)NC(C(=O)N[C@]2(NO)C(=O)N3C(C(=O)O)=C(COC(N)=O)CS[C@H]32)c2ccccc2)C(=O)C1=O. The average Bonchev–Trinajstić information content (AvgIpc) is 2.98. The third-order valence-electron chi connectivity index (χ3n) is 6.84. The van der Waals surface area contributed by atoms with Gasteiger partial charge in [-0.2, -0.15) is 5.48 Å². The highest BCUT2D eigenvalue weighted by atomic mass is 32.2. The molecule has 224 valence electrons. The van der Waals surface area contributed by atoms with Gasteiger partial charge in [0, 0.05) is 31.0 Å². The first-order valence-corrected chi connectivity index (χ1v) is 13.5. The summed E-state index contributed by atoms with van der Waals surface area (Å²) in [7, 11) is 0. The summed E-state index contributed by atoms with van der Waals surface area (Å²) in [6, 6.07) is 5.22. The van der Waals surface area contributed by atoms with Crippen LogP contribution < -0.4 is 21.8 Å². The van der Waals surface area contributed by atoms with Crippen molar-refractivity contribution in [1.82, 2.24) is 30.8 Å². The summed E-state index contributed by atoms with van der Waals surface area (Å²) in [6.45, 7) is 1.44. The molecule has 1 unspecified atom stereocenters. The van der Waals surface area contributed by atoms with E-state index < -0.39 is 71.1 Å². The number of β-lactam (4-membered cyclic amide) rings is 1. The second-order valence-corrected chi connectivity index (χ2v) is 10.3. The predicted octanol–water partition coefficient (Wildman–Crippen LogP) is -1.73. The number of nitrogens with one attached hydrogen (secondary N) is 3. The van der Waals surface area contributed by atoms with Gasteiger partial charge >= 0.3 is 29.9 Å². The highest BCUT2D eigenvalue weighted by Gasteiger charge is 2.66. The number of urea groups is 1. The van der Waals surface area contributed by atoms with E-state index in [0.717, 1.165) is 16.7 Å². The number of amides is 7. The molecule has 18 heteroatoms. The number of likely N-dealkylation sites (N-methyl/N-ethyl adjacent to an activating group) is 1. The van der Waals surface area contributed by atoms with Crippen molar-refractivity contribution >= 4 is 53.5 Å². The summed E-state index contributed by atoms with van der Waals surface area (Å²) in [5.41, 5.74) is 4.31. The molecule has 17 nitrogen and oxygen atoms in total. The van der Waals surface area contributed by atoms with Crippen molar-refractivity contribution in [2.24, 2.45) is 5.73 Å². The number of hydroxylamine groups is 1. The number of benzene rings is 1. The average molecular weight is 606 g/mol. The maximum absolute atomic E-state index is 13.6. The van der Waals surface area contributed by atoms with Gasteiger partial charge in [0.15, 0.2) is 0 Å². The zero-order valence-corrected chi connectivity index (χ0v) is 22.9. The second-order valence-electron chi connectivity index (χ2n) is 9.25. The van der Waals surface area contributed by atoms with Gasteiger partial charge in [0.2, 0.25) is 11.6 Å². The molecule has 2 fully saturated rings. The number of rotatable bonds is 9. The summed E-state index contributed by atoms with van der Waals surface area (Å²) < 4.78 is 4.68. The van der Waals surface area contributed by atoms with Gasteiger partial charge in [0.25, 0.3) is 5.91 Å². The summed E-state index contributed by atoms with van der Waals surface area (Å²) in [4.78, 5) is 90.6. The van der Waals surface area contributed by atoms with Gasteiger partial charge in [0.1, 0.15) is 23.7 Å². The zero-order valence-electron chi connectivity index (χ0n) is 22.1. The third-order valence-corrected chi connectivity index (χ3v) is 8.23. The Hall–Kier alpha value is -4.68. The Morgan fingerprint density at radius 3 is 2.43 bits per heavy atom. The molecule has 1 aromatic rings. The maximum Gasteiger partial charge on any atom is 0.404 e. The Morgan fingerprint density at radius 1 is 1.14 bits per heavy atom. The smallest absolute Gasteiger partial charge is 0.404 e. The summed E-state index contributed by atoms with van der Waals surface area (Å²) in [6.07, 6.45) is -1.15. The largest absolute Gasteiger partial charge is 0.477 e. The second kappa shape index (κ2) is 12.0. The third kappa shape index (κ3) is 5.33. The summed E-state index contributed by atoms with van der Waals surface area (Å²) in [5, 5.41) is 23.4. The molecular weight excluding hydrogens is 578 g/mol. The van der Waals surface area contributed by atoms with Crippen molar-refractivity contribution in [3.05, 3.63) is 47.2 Å². The lowest BCUT2D eigenvalue weighted by atomic mass is 9.94. The van der Waals surface area contributed by atoms with E-state index in [1.165, 1.54) is 17.0 Å². The molecule has 7 amide bonds. The molecule has 3 aliphatic rings. The number of carboxylic acids is 1. The molecule has 3 heterocycles. The lowest BCUT2D eigenvalue weighted by Crippen LogP contribution is -2.85. The van der Waals surface area contributed by atoms with E-state index in [4.69, 9.17) is 5.73 Å². The van der Waals surface area contributed by atoms with Crippen LogP contribution in [0.1, 0.15) is 18.5 Å². The first kappa shape index (κ1) is 30.3. The number of ether oxygens (including phenoxy) is 1. The van der Waals surface area contributed by atoms with Gasteiger partial charge in [-0.25, -0.2) is 14.4 Å². The van der Waals surface area contributed by atoms with E-state index in [-0.39, 0.29) is 36.5 Å². The molecular formula is C24H27N7O10S. The fourth-order valence-corrected chi connectivity index (χ4v) is 6.11. The highest BCUT2D eigenvalue weighted by molar-refractivity contribution is 8.00. The van der Waals surface area contributed by atoms with Crippen molar-refractivity contribution in [2.75, 3.05) is 32.0 Å². The number of nitrogens with two attached hydrogens (primary N) is 1. The number of carbonyl (C=O) groups excluding carboxylic acids is 6. The number of hydrogen-bond acceptors (Lipinski definition) is 11. The van der Waals surface area contributed by atoms with Crippen LogP contribution in [-0.4, -0.2) is 110 Å². The van der Waals surface area contributed by atoms with Crippen molar-refractivity contribution < 1.29 is 48.6 Å². The molecule has 0 bridgehead atoms. The fraction of sp³-hybridized carbons (Fsp3) is 0.375. The maximum atomic E-state index is 13.6. The molecule has 0 saturated carbocycles. The Labute approximate surface area is 241 Å². The zero-order chi connectivity index (χ0) is 30.8. The lowest BCUT2D eigenvalue weighted by molar-refractivity contribution is -0.171.